The van der Waals surface area contributed by atoms with Gasteiger partial charge in [-0.2, -0.15) is 0 Å². The lowest BCUT2D eigenvalue weighted by Gasteiger charge is -2.27. The van der Waals surface area contributed by atoms with E-state index in [4.69, 9.17) is 5.73 Å². The number of nitrogens with one attached hydrogen (secondary N) is 1. The molecule has 2 aromatic rings. The van der Waals surface area contributed by atoms with Gasteiger partial charge in [0.05, 0.1) is 11.3 Å². The fraction of sp³-hybridized carbons (Fsp3) is 0.333. The van der Waals surface area contributed by atoms with Crippen molar-refractivity contribution in [1.29, 1.82) is 0 Å². The third-order valence-electron chi connectivity index (χ3n) is 4.71. The Kier molecular flexibility index (Phi) is 7.82. The first kappa shape index (κ1) is 20.9. The van der Waals surface area contributed by atoms with Crippen LogP contribution in [-0.4, -0.2) is 29.8 Å². The standard InChI is InChI=1S/C21H25N3O2.ClH/c22-18(16-9-3-1-4-10-16)15-20(25)23-19-12-6-5-11-17(19)21(26)24-13-7-2-8-14-24;/h1,3-6,9-12,18H,2,7-8,13-15,22H2,(H,23,25);1H. The highest BCUT2D eigenvalue weighted by atomic mass is 35.5. The molecular weight excluding hydrogens is 362 g/mol. The third kappa shape index (κ3) is 5.55. The Morgan fingerprint density at radius 1 is 0.963 bits per heavy atom. The van der Waals surface area contributed by atoms with E-state index in [0.717, 1.165) is 31.5 Å². The van der Waals surface area contributed by atoms with Crippen molar-refractivity contribution in [3.8, 4) is 0 Å². The van der Waals surface area contributed by atoms with E-state index < -0.39 is 0 Å². The summed E-state index contributed by atoms with van der Waals surface area (Å²) >= 11 is 0. The van der Waals surface area contributed by atoms with Gasteiger partial charge in [0.15, 0.2) is 0 Å². The number of halogens is 1. The normalized spacial score (nSPS) is 14.8. The van der Waals surface area contributed by atoms with Gasteiger partial charge in [-0.1, -0.05) is 42.5 Å². The Balaban J connectivity index is 0.00000261. The lowest BCUT2D eigenvalue weighted by Crippen LogP contribution is -2.36. The van der Waals surface area contributed by atoms with Crippen molar-refractivity contribution in [2.24, 2.45) is 5.73 Å². The first-order valence-corrected chi connectivity index (χ1v) is 9.14. The predicted octanol–water partition coefficient (Wildman–Crippen LogP) is 3.76. The minimum atomic E-state index is -0.374. The number of carbonyl (C=O) groups excluding carboxylic acids is 2. The van der Waals surface area contributed by atoms with Crippen molar-refractivity contribution in [2.45, 2.75) is 31.7 Å². The van der Waals surface area contributed by atoms with Crippen molar-refractivity contribution in [2.75, 3.05) is 18.4 Å². The van der Waals surface area contributed by atoms with E-state index in [0.29, 0.717) is 11.3 Å². The SMILES string of the molecule is Cl.NC(CC(=O)Nc1ccccc1C(=O)N1CCCCC1)c1ccccc1. The second kappa shape index (κ2) is 10.1. The van der Waals surface area contributed by atoms with Crippen LogP contribution in [0, 0.1) is 0 Å². The van der Waals surface area contributed by atoms with Gasteiger partial charge in [-0.05, 0) is 37.0 Å². The highest BCUT2D eigenvalue weighted by molar-refractivity contribution is 6.03. The zero-order chi connectivity index (χ0) is 18.4. The van der Waals surface area contributed by atoms with Crippen LogP contribution in [-0.2, 0) is 4.79 Å². The fourth-order valence-electron chi connectivity index (χ4n) is 3.27. The molecule has 0 spiro atoms. The molecule has 1 aliphatic rings. The number of likely N-dealkylation sites (tertiary alicyclic amines) is 1. The number of benzene rings is 2. The van der Waals surface area contributed by atoms with Gasteiger partial charge in [-0.3, -0.25) is 9.59 Å². The maximum Gasteiger partial charge on any atom is 0.255 e. The first-order valence-electron chi connectivity index (χ1n) is 9.14. The number of rotatable bonds is 5. The molecule has 2 aromatic carbocycles. The first-order chi connectivity index (χ1) is 12.6. The smallest absolute Gasteiger partial charge is 0.255 e. The molecule has 27 heavy (non-hydrogen) atoms. The molecule has 3 rings (SSSR count). The van der Waals surface area contributed by atoms with E-state index >= 15 is 0 Å². The zero-order valence-corrected chi connectivity index (χ0v) is 16.1. The van der Waals surface area contributed by atoms with Crippen LogP contribution >= 0.6 is 12.4 Å². The molecule has 1 fully saturated rings. The molecule has 3 N–H and O–H groups in total. The number of piperidine rings is 1. The van der Waals surface area contributed by atoms with Crippen LogP contribution < -0.4 is 11.1 Å². The van der Waals surface area contributed by atoms with Crippen molar-refractivity contribution < 1.29 is 9.59 Å². The molecule has 1 heterocycles. The van der Waals surface area contributed by atoms with E-state index in [-0.39, 0.29) is 36.7 Å². The van der Waals surface area contributed by atoms with Crippen molar-refractivity contribution >= 4 is 29.9 Å². The number of nitrogens with two attached hydrogens (primary N) is 1. The van der Waals surface area contributed by atoms with Crippen LogP contribution in [0.4, 0.5) is 5.69 Å². The maximum atomic E-state index is 12.8. The average Bonchev–Trinajstić information content (AvgIpc) is 2.69. The molecule has 144 valence electrons. The summed E-state index contributed by atoms with van der Waals surface area (Å²) in [5.74, 6) is -0.215. The Labute approximate surface area is 166 Å². The molecule has 1 saturated heterocycles. The van der Waals surface area contributed by atoms with Crippen LogP contribution in [0.15, 0.2) is 54.6 Å². The summed E-state index contributed by atoms with van der Waals surface area (Å²) in [5, 5.41) is 2.86. The van der Waals surface area contributed by atoms with Crippen LogP contribution in [0.2, 0.25) is 0 Å². The number of para-hydroxylation sites is 1. The van der Waals surface area contributed by atoms with Gasteiger partial charge < -0.3 is 16.0 Å². The lowest BCUT2D eigenvalue weighted by molar-refractivity contribution is -0.116. The molecule has 1 unspecified atom stereocenters. The highest BCUT2D eigenvalue weighted by Gasteiger charge is 2.21. The van der Waals surface area contributed by atoms with Crippen LogP contribution in [0.3, 0.4) is 0 Å². The fourth-order valence-corrected chi connectivity index (χ4v) is 3.27. The van der Waals surface area contributed by atoms with Gasteiger partial charge in [0.1, 0.15) is 0 Å². The summed E-state index contributed by atoms with van der Waals surface area (Å²) in [4.78, 5) is 27.1. The summed E-state index contributed by atoms with van der Waals surface area (Å²) in [6.07, 6.45) is 3.40. The van der Waals surface area contributed by atoms with Crippen molar-refractivity contribution in [3.63, 3.8) is 0 Å². The molecule has 1 atom stereocenters. The minimum absolute atomic E-state index is 0. The second-order valence-corrected chi connectivity index (χ2v) is 6.67. The minimum Gasteiger partial charge on any atom is -0.339 e. The summed E-state index contributed by atoms with van der Waals surface area (Å²) < 4.78 is 0. The largest absolute Gasteiger partial charge is 0.339 e. The van der Waals surface area contributed by atoms with Crippen LogP contribution in [0.5, 0.6) is 0 Å². The molecule has 2 amide bonds. The van der Waals surface area contributed by atoms with Crippen LogP contribution in [0.1, 0.15) is 47.6 Å². The quantitative estimate of drug-likeness (QED) is 0.820. The number of anilines is 1. The lowest BCUT2D eigenvalue weighted by atomic mass is 10.0. The molecule has 0 saturated carbocycles. The molecule has 5 nitrogen and oxygen atoms in total. The zero-order valence-electron chi connectivity index (χ0n) is 15.3. The Bertz CT molecular complexity index is 761. The van der Waals surface area contributed by atoms with Crippen molar-refractivity contribution in [3.05, 3.63) is 65.7 Å². The number of carbonyl (C=O) groups is 2. The second-order valence-electron chi connectivity index (χ2n) is 6.67. The molecule has 6 heteroatoms. The monoisotopic (exact) mass is 387 g/mol. The molecule has 0 bridgehead atoms. The highest BCUT2D eigenvalue weighted by Crippen LogP contribution is 2.21. The van der Waals surface area contributed by atoms with Gasteiger partial charge in [-0.25, -0.2) is 0 Å². The maximum absolute atomic E-state index is 12.8. The number of amides is 2. The summed E-state index contributed by atoms with van der Waals surface area (Å²) in [6, 6.07) is 16.3. The van der Waals surface area contributed by atoms with Gasteiger partial charge in [-0.15, -0.1) is 12.4 Å². The molecule has 1 aliphatic heterocycles. The molecule has 0 aromatic heterocycles. The Morgan fingerprint density at radius 3 is 2.30 bits per heavy atom. The number of hydrogen-bond donors (Lipinski definition) is 2. The third-order valence-corrected chi connectivity index (χ3v) is 4.71. The molecule has 0 aliphatic carbocycles. The van der Waals surface area contributed by atoms with Gasteiger partial charge >= 0.3 is 0 Å². The predicted molar refractivity (Wildman–Crippen MR) is 110 cm³/mol. The number of nitrogens with zero attached hydrogens (tertiary/aromatic N) is 1. The van der Waals surface area contributed by atoms with Gasteiger partial charge in [0.2, 0.25) is 5.91 Å². The molecular formula is C21H26ClN3O2. The molecule has 0 radical (unpaired) electrons. The van der Waals surface area contributed by atoms with Gasteiger partial charge in [0, 0.05) is 25.6 Å². The average molecular weight is 388 g/mol. The Hall–Kier alpha value is -2.37. The van der Waals surface area contributed by atoms with Crippen molar-refractivity contribution in [1.82, 2.24) is 4.90 Å². The number of hydrogen-bond acceptors (Lipinski definition) is 3. The van der Waals surface area contributed by atoms with E-state index in [2.05, 4.69) is 5.32 Å². The van der Waals surface area contributed by atoms with E-state index in [1.807, 2.05) is 47.4 Å². The van der Waals surface area contributed by atoms with Gasteiger partial charge in [0.25, 0.3) is 5.91 Å². The van der Waals surface area contributed by atoms with E-state index in [9.17, 15) is 9.59 Å². The summed E-state index contributed by atoms with van der Waals surface area (Å²) in [6.45, 7) is 1.56. The van der Waals surface area contributed by atoms with Crippen LogP contribution in [0.25, 0.3) is 0 Å². The van der Waals surface area contributed by atoms with E-state index in [1.54, 1.807) is 12.1 Å². The summed E-state index contributed by atoms with van der Waals surface area (Å²) in [7, 11) is 0. The topological polar surface area (TPSA) is 75.4 Å². The summed E-state index contributed by atoms with van der Waals surface area (Å²) in [5.41, 5.74) is 8.13. The van der Waals surface area contributed by atoms with E-state index in [1.165, 1.54) is 6.42 Å². The Morgan fingerprint density at radius 2 is 1.59 bits per heavy atom.